The van der Waals surface area contributed by atoms with Gasteiger partial charge in [0.25, 0.3) is 5.91 Å². The number of hydrogen-bond acceptors (Lipinski definition) is 4. The number of ether oxygens (including phenoxy) is 1. The van der Waals surface area contributed by atoms with E-state index in [-0.39, 0.29) is 11.6 Å². The summed E-state index contributed by atoms with van der Waals surface area (Å²) in [6, 6.07) is 2.77. The zero-order valence-electron chi connectivity index (χ0n) is 12.7. The normalized spacial score (nSPS) is 21.3. The number of hydrogen-bond donors (Lipinski definition) is 2. The zero-order valence-corrected chi connectivity index (χ0v) is 12.7. The van der Waals surface area contributed by atoms with E-state index in [9.17, 15) is 9.59 Å². The number of amides is 1. The van der Waals surface area contributed by atoms with Crippen LogP contribution in [0.1, 0.15) is 53.5 Å². The highest BCUT2D eigenvalue weighted by Gasteiger charge is 2.21. The monoisotopic (exact) mass is 306 g/mol. The average molecular weight is 306 g/mol. The summed E-state index contributed by atoms with van der Waals surface area (Å²) in [6.07, 6.45) is 6.35. The smallest absolute Gasteiger partial charge is 0.354 e. The van der Waals surface area contributed by atoms with Crippen molar-refractivity contribution in [1.29, 1.82) is 0 Å². The van der Waals surface area contributed by atoms with Gasteiger partial charge in [-0.05, 0) is 30.9 Å². The van der Waals surface area contributed by atoms with E-state index in [0.717, 1.165) is 6.42 Å². The van der Waals surface area contributed by atoms with Gasteiger partial charge in [0.2, 0.25) is 0 Å². The molecule has 2 N–H and O–H groups in total. The first kappa shape index (κ1) is 16.4. The van der Waals surface area contributed by atoms with Crippen LogP contribution >= 0.6 is 0 Å². The van der Waals surface area contributed by atoms with Crippen LogP contribution in [0.15, 0.2) is 18.3 Å². The minimum absolute atomic E-state index is 0.0776. The third-order valence-electron chi connectivity index (χ3n) is 4.00. The topological polar surface area (TPSA) is 88.5 Å². The van der Waals surface area contributed by atoms with Crippen LogP contribution in [0.3, 0.4) is 0 Å². The van der Waals surface area contributed by atoms with Crippen molar-refractivity contribution in [3.05, 3.63) is 29.6 Å². The number of rotatable bonds is 6. The van der Waals surface area contributed by atoms with E-state index in [1.165, 1.54) is 37.6 Å². The highest BCUT2D eigenvalue weighted by molar-refractivity contribution is 5.94. The molecule has 0 radical (unpaired) electrons. The predicted molar refractivity (Wildman–Crippen MR) is 80.9 cm³/mol. The lowest BCUT2D eigenvalue weighted by Crippen LogP contribution is -2.31. The molecule has 0 saturated heterocycles. The van der Waals surface area contributed by atoms with Crippen LogP contribution in [-0.2, 0) is 4.74 Å². The number of nitrogens with one attached hydrogen (secondary N) is 1. The van der Waals surface area contributed by atoms with Crippen molar-refractivity contribution in [2.24, 2.45) is 5.92 Å². The van der Waals surface area contributed by atoms with E-state index < -0.39 is 5.97 Å². The molecule has 0 bridgehead atoms. The Morgan fingerprint density at radius 3 is 2.77 bits per heavy atom. The summed E-state index contributed by atoms with van der Waals surface area (Å²) in [5.74, 6) is -0.802. The van der Waals surface area contributed by atoms with Gasteiger partial charge in [-0.3, -0.25) is 4.79 Å². The van der Waals surface area contributed by atoms with E-state index >= 15 is 0 Å². The van der Waals surface area contributed by atoms with Gasteiger partial charge in [-0.2, -0.15) is 0 Å². The number of nitrogens with zero attached hydrogens (tertiary/aromatic N) is 1. The van der Waals surface area contributed by atoms with Crippen LogP contribution in [0, 0.1) is 5.92 Å². The first-order valence-corrected chi connectivity index (χ1v) is 7.67. The van der Waals surface area contributed by atoms with Gasteiger partial charge < -0.3 is 15.2 Å². The summed E-state index contributed by atoms with van der Waals surface area (Å²) in [5.41, 5.74) is 0.266. The molecular weight excluding hydrogens is 284 g/mol. The van der Waals surface area contributed by atoms with Crippen LogP contribution in [0.4, 0.5) is 0 Å². The average Bonchev–Trinajstić information content (AvgIpc) is 2.53. The molecule has 2 rings (SSSR count). The third kappa shape index (κ3) is 4.53. The van der Waals surface area contributed by atoms with Gasteiger partial charge in [-0.15, -0.1) is 0 Å². The van der Waals surface area contributed by atoms with Crippen molar-refractivity contribution in [1.82, 2.24) is 10.3 Å². The fourth-order valence-corrected chi connectivity index (χ4v) is 2.66. The van der Waals surface area contributed by atoms with Gasteiger partial charge in [0.15, 0.2) is 0 Å². The maximum atomic E-state index is 11.9. The molecule has 1 amide bonds. The summed E-state index contributed by atoms with van der Waals surface area (Å²) in [6.45, 7) is 3.13. The molecule has 120 valence electrons. The third-order valence-corrected chi connectivity index (χ3v) is 4.00. The number of aromatic nitrogens is 1. The van der Waals surface area contributed by atoms with Gasteiger partial charge in [-0.1, -0.05) is 19.8 Å². The van der Waals surface area contributed by atoms with Crippen molar-refractivity contribution >= 4 is 11.9 Å². The summed E-state index contributed by atoms with van der Waals surface area (Å²) >= 11 is 0. The lowest BCUT2D eigenvalue weighted by atomic mass is 9.88. The van der Waals surface area contributed by atoms with Gasteiger partial charge >= 0.3 is 5.97 Å². The van der Waals surface area contributed by atoms with Gasteiger partial charge in [0, 0.05) is 12.7 Å². The maximum absolute atomic E-state index is 11.9. The van der Waals surface area contributed by atoms with Gasteiger partial charge in [-0.25, -0.2) is 9.78 Å². The minimum Gasteiger partial charge on any atom is -0.477 e. The number of pyridine rings is 1. The van der Waals surface area contributed by atoms with Crippen molar-refractivity contribution in [2.75, 3.05) is 13.2 Å². The van der Waals surface area contributed by atoms with Gasteiger partial charge in [0.05, 0.1) is 18.3 Å². The van der Waals surface area contributed by atoms with Crippen LogP contribution < -0.4 is 5.32 Å². The minimum atomic E-state index is -1.11. The number of carbonyl (C=O) groups is 2. The van der Waals surface area contributed by atoms with Crippen LogP contribution in [-0.4, -0.2) is 41.2 Å². The molecule has 1 aromatic heterocycles. The Morgan fingerprint density at radius 1 is 1.36 bits per heavy atom. The molecule has 0 aliphatic heterocycles. The second kappa shape index (κ2) is 7.89. The Labute approximate surface area is 129 Å². The Hall–Kier alpha value is -1.95. The van der Waals surface area contributed by atoms with E-state index in [1.807, 2.05) is 0 Å². The van der Waals surface area contributed by atoms with Crippen molar-refractivity contribution in [3.8, 4) is 0 Å². The molecule has 6 nitrogen and oxygen atoms in total. The van der Waals surface area contributed by atoms with E-state index in [0.29, 0.717) is 30.7 Å². The molecule has 1 saturated carbocycles. The lowest BCUT2D eigenvalue weighted by molar-refractivity contribution is -0.00294. The molecule has 2 atom stereocenters. The molecule has 1 fully saturated rings. The number of carbonyl (C=O) groups excluding carboxylic acids is 1. The zero-order chi connectivity index (χ0) is 15.9. The van der Waals surface area contributed by atoms with E-state index in [2.05, 4.69) is 17.2 Å². The molecule has 1 aromatic rings. The molecule has 1 aliphatic rings. The molecule has 2 unspecified atom stereocenters. The van der Waals surface area contributed by atoms with Gasteiger partial charge in [0.1, 0.15) is 5.69 Å². The second-order valence-electron chi connectivity index (χ2n) is 5.66. The summed E-state index contributed by atoms with van der Waals surface area (Å²) in [4.78, 5) is 26.3. The Kier molecular flexibility index (Phi) is 5.89. The SMILES string of the molecule is CC1CCCCC1OCCNC(=O)c1ccc(C(=O)O)nc1. The first-order valence-electron chi connectivity index (χ1n) is 7.67. The predicted octanol–water partition coefficient (Wildman–Crippen LogP) is 2.10. The lowest BCUT2D eigenvalue weighted by Gasteiger charge is -2.28. The van der Waals surface area contributed by atoms with Crippen LogP contribution in [0.5, 0.6) is 0 Å². The highest BCUT2D eigenvalue weighted by atomic mass is 16.5. The Morgan fingerprint density at radius 2 is 2.14 bits per heavy atom. The summed E-state index contributed by atoms with van der Waals surface area (Å²) < 4.78 is 5.82. The second-order valence-corrected chi connectivity index (χ2v) is 5.66. The fraction of sp³-hybridized carbons (Fsp3) is 0.562. The fourth-order valence-electron chi connectivity index (χ4n) is 2.66. The Bertz CT molecular complexity index is 515. The molecule has 1 heterocycles. The Balaban J connectivity index is 1.72. The number of aromatic carboxylic acids is 1. The molecule has 22 heavy (non-hydrogen) atoms. The van der Waals surface area contributed by atoms with Crippen LogP contribution in [0.25, 0.3) is 0 Å². The van der Waals surface area contributed by atoms with E-state index in [4.69, 9.17) is 9.84 Å². The molecule has 6 heteroatoms. The molecular formula is C16H22N2O4. The molecule has 1 aliphatic carbocycles. The van der Waals surface area contributed by atoms with Crippen molar-refractivity contribution < 1.29 is 19.4 Å². The highest BCUT2D eigenvalue weighted by Crippen LogP contribution is 2.25. The van der Waals surface area contributed by atoms with Crippen LogP contribution in [0.2, 0.25) is 0 Å². The van der Waals surface area contributed by atoms with Crippen molar-refractivity contribution in [2.45, 2.75) is 38.7 Å². The van der Waals surface area contributed by atoms with E-state index in [1.54, 1.807) is 0 Å². The first-order chi connectivity index (χ1) is 10.6. The standard InChI is InChI=1S/C16H22N2O4/c1-11-4-2-3-5-14(11)22-9-8-17-15(19)12-6-7-13(16(20)21)18-10-12/h6-7,10-11,14H,2-5,8-9H2,1H3,(H,17,19)(H,20,21). The number of carboxylic acid groups (broad SMARTS) is 1. The summed E-state index contributed by atoms with van der Waals surface area (Å²) in [5, 5.41) is 11.5. The van der Waals surface area contributed by atoms with Crippen molar-refractivity contribution in [3.63, 3.8) is 0 Å². The maximum Gasteiger partial charge on any atom is 0.354 e. The largest absolute Gasteiger partial charge is 0.477 e. The quantitative estimate of drug-likeness (QED) is 0.786. The summed E-state index contributed by atoms with van der Waals surface area (Å²) in [7, 11) is 0. The number of carboxylic acids is 1. The molecule has 0 spiro atoms. The molecule has 0 aromatic carbocycles.